The number of carbonyl (C=O) groups is 4. The third-order valence-electron chi connectivity index (χ3n) is 7.62. The number of aromatic nitrogens is 2. The molecule has 0 spiro atoms. The van der Waals surface area contributed by atoms with Gasteiger partial charge in [0.25, 0.3) is 5.89 Å². The van der Waals surface area contributed by atoms with Crippen LogP contribution in [0.2, 0.25) is 0 Å². The van der Waals surface area contributed by atoms with E-state index in [-0.39, 0.29) is 30.2 Å². The summed E-state index contributed by atoms with van der Waals surface area (Å²) < 4.78 is 11.0. The summed E-state index contributed by atoms with van der Waals surface area (Å²) in [4.78, 5) is 54.6. The second-order valence-corrected chi connectivity index (χ2v) is 11.9. The van der Waals surface area contributed by atoms with Crippen LogP contribution in [0.4, 0.5) is 4.79 Å². The van der Waals surface area contributed by atoms with Crippen molar-refractivity contribution in [3.05, 3.63) is 83.1 Å². The number of benzene rings is 2. The molecule has 234 valence electrons. The zero-order valence-electron chi connectivity index (χ0n) is 25.9. The van der Waals surface area contributed by atoms with Gasteiger partial charge in [0.2, 0.25) is 23.5 Å². The van der Waals surface area contributed by atoms with Crippen molar-refractivity contribution >= 4 is 23.7 Å². The molecular weight excluding hydrogens is 562 g/mol. The van der Waals surface area contributed by atoms with E-state index in [9.17, 15) is 19.2 Å². The topological polar surface area (TPSA) is 144 Å². The number of Topliss-reactive ketones (excluding diaryl/α,β-unsaturated/α-hetero) is 1. The highest BCUT2D eigenvalue weighted by molar-refractivity contribution is 6.00. The largest absolute Gasteiger partial charge is 0.445 e. The molecule has 44 heavy (non-hydrogen) atoms. The van der Waals surface area contributed by atoms with Crippen LogP contribution < -0.4 is 10.6 Å². The quantitative estimate of drug-likeness (QED) is 0.293. The fourth-order valence-electron chi connectivity index (χ4n) is 5.23. The lowest BCUT2D eigenvalue weighted by molar-refractivity contribution is -0.141. The number of hydrogen-bond donors (Lipinski definition) is 2. The van der Waals surface area contributed by atoms with E-state index >= 15 is 0 Å². The van der Waals surface area contributed by atoms with E-state index in [4.69, 9.17) is 9.15 Å². The lowest BCUT2D eigenvalue weighted by atomic mass is 9.98. The average molecular weight is 604 g/mol. The molecule has 11 nitrogen and oxygen atoms in total. The molecule has 2 aromatic carbocycles. The van der Waals surface area contributed by atoms with E-state index in [2.05, 4.69) is 20.8 Å². The average Bonchev–Trinajstić information content (AvgIpc) is 3.67. The van der Waals surface area contributed by atoms with Gasteiger partial charge in [-0.2, -0.15) is 0 Å². The second-order valence-electron chi connectivity index (χ2n) is 11.9. The second kappa shape index (κ2) is 14.8. The Balaban J connectivity index is 1.39. The molecule has 2 heterocycles. The number of ether oxygens (including phenoxy) is 1. The Bertz CT molecular complexity index is 1450. The minimum atomic E-state index is -0.931. The molecule has 4 rings (SSSR count). The predicted molar refractivity (Wildman–Crippen MR) is 163 cm³/mol. The van der Waals surface area contributed by atoms with Crippen molar-refractivity contribution < 1.29 is 28.3 Å². The maximum absolute atomic E-state index is 13.6. The molecule has 11 heteroatoms. The van der Waals surface area contributed by atoms with Gasteiger partial charge < -0.3 is 24.7 Å². The minimum Gasteiger partial charge on any atom is -0.445 e. The van der Waals surface area contributed by atoms with Gasteiger partial charge in [0.1, 0.15) is 18.7 Å². The summed E-state index contributed by atoms with van der Waals surface area (Å²) in [7, 11) is 0. The van der Waals surface area contributed by atoms with Crippen molar-refractivity contribution in [1.29, 1.82) is 0 Å². The number of hydrogen-bond acceptors (Lipinski definition) is 8. The Hall–Kier alpha value is -4.54. The van der Waals surface area contributed by atoms with E-state index in [1.54, 1.807) is 0 Å². The van der Waals surface area contributed by atoms with Gasteiger partial charge in [0.15, 0.2) is 0 Å². The summed E-state index contributed by atoms with van der Waals surface area (Å²) in [6.45, 7) is 9.66. The third kappa shape index (κ3) is 8.30. The van der Waals surface area contributed by atoms with Crippen LogP contribution in [0.1, 0.15) is 73.8 Å². The number of nitrogens with zero attached hydrogens (tertiary/aromatic N) is 3. The van der Waals surface area contributed by atoms with Crippen LogP contribution in [-0.2, 0) is 27.4 Å². The number of rotatable bonds is 12. The van der Waals surface area contributed by atoms with Crippen LogP contribution in [-0.4, -0.2) is 63.5 Å². The summed E-state index contributed by atoms with van der Waals surface area (Å²) in [5, 5.41) is 13.5. The molecule has 1 saturated heterocycles. The summed E-state index contributed by atoms with van der Waals surface area (Å²) in [6, 6.07) is 14.5. The molecule has 3 amide bonds. The standard InChI is InChI=1S/C33H41N5O6/c1-20(2)27(29(39)31-37-36-26(44-31)18-24-14-9-11-22(5)17-24)34-30(40)25-15-10-16-38(25)32(41)28(21(3)4)35-33(42)43-19-23-12-7-6-8-13-23/h6-9,11-14,17,20-21,25,27-28H,10,15-16,18-19H2,1-5H3,(H,34,40)(H,35,42)/t25?,27-,28-/m0/s1. The number of amides is 3. The number of likely N-dealkylation sites (tertiary alicyclic amines) is 1. The van der Waals surface area contributed by atoms with Crippen molar-refractivity contribution in [3.8, 4) is 0 Å². The summed E-state index contributed by atoms with van der Waals surface area (Å²) in [6.07, 6.45) is 0.707. The molecule has 2 N–H and O–H groups in total. The first-order chi connectivity index (χ1) is 21.0. The molecule has 1 aliphatic rings. The van der Waals surface area contributed by atoms with E-state index in [0.717, 1.165) is 16.7 Å². The van der Waals surface area contributed by atoms with Crippen molar-refractivity contribution in [2.24, 2.45) is 11.8 Å². The van der Waals surface area contributed by atoms with Crippen molar-refractivity contribution in [2.45, 2.75) is 78.6 Å². The van der Waals surface area contributed by atoms with Crippen LogP contribution in [0.25, 0.3) is 0 Å². The molecule has 0 bridgehead atoms. The van der Waals surface area contributed by atoms with Crippen LogP contribution >= 0.6 is 0 Å². The first-order valence-corrected chi connectivity index (χ1v) is 15.0. The lowest BCUT2D eigenvalue weighted by Gasteiger charge is -2.31. The van der Waals surface area contributed by atoms with Gasteiger partial charge >= 0.3 is 6.09 Å². The number of nitrogens with one attached hydrogen (secondary N) is 2. The number of alkyl carbamates (subject to hydrolysis) is 1. The minimum absolute atomic E-state index is 0.0680. The molecule has 1 aliphatic heterocycles. The molecule has 0 saturated carbocycles. The Morgan fingerprint density at radius 1 is 0.932 bits per heavy atom. The highest BCUT2D eigenvalue weighted by atomic mass is 16.5. The monoisotopic (exact) mass is 603 g/mol. The van der Waals surface area contributed by atoms with Crippen LogP contribution in [0.15, 0.2) is 59.0 Å². The first-order valence-electron chi connectivity index (χ1n) is 15.0. The van der Waals surface area contributed by atoms with Crippen molar-refractivity contribution in [2.75, 3.05) is 6.54 Å². The van der Waals surface area contributed by atoms with Gasteiger partial charge in [0, 0.05) is 6.54 Å². The number of carbonyl (C=O) groups excluding carboxylic acids is 4. The maximum atomic E-state index is 13.6. The first kappa shape index (κ1) is 32.4. The van der Waals surface area contributed by atoms with Gasteiger partial charge in [0.05, 0.1) is 12.5 Å². The van der Waals surface area contributed by atoms with Gasteiger partial charge in [-0.05, 0) is 42.7 Å². The number of aryl methyl sites for hydroxylation is 1. The van der Waals surface area contributed by atoms with Crippen LogP contribution in [0, 0.1) is 18.8 Å². The highest BCUT2D eigenvalue weighted by Gasteiger charge is 2.40. The van der Waals surface area contributed by atoms with E-state index in [1.807, 2.05) is 89.2 Å². The highest BCUT2D eigenvalue weighted by Crippen LogP contribution is 2.22. The van der Waals surface area contributed by atoms with Gasteiger partial charge in [-0.25, -0.2) is 4.79 Å². The van der Waals surface area contributed by atoms with Crippen LogP contribution in [0.3, 0.4) is 0 Å². The molecule has 0 radical (unpaired) electrons. The van der Waals surface area contributed by atoms with Gasteiger partial charge in [-0.1, -0.05) is 87.9 Å². The Labute approximate surface area is 257 Å². The van der Waals surface area contributed by atoms with E-state index in [0.29, 0.717) is 31.7 Å². The van der Waals surface area contributed by atoms with Crippen LogP contribution in [0.5, 0.6) is 0 Å². The Morgan fingerprint density at radius 3 is 2.32 bits per heavy atom. The molecule has 3 aromatic rings. The van der Waals surface area contributed by atoms with Crippen molar-refractivity contribution in [3.63, 3.8) is 0 Å². The zero-order chi connectivity index (χ0) is 31.8. The third-order valence-corrected chi connectivity index (χ3v) is 7.62. The summed E-state index contributed by atoms with van der Waals surface area (Å²) >= 11 is 0. The van der Waals surface area contributed by atoms with E-state index < -0.39 is 35.9 Å². The molecule has 1 fully saturated rings. The normalized spacial score (nSPS) is 16.1. The summed E-state index contributed by atoms with van der Waals surface area (Å²) in [5.41, 5.74) is 2.90. The molecule has 1 unspecified atom stereocenters. The Kier molecular flexibility index (Phi) is 10.9. The Morgan fingerprint density at radius 2 is 1.64 bits per heavy atom. The molecule has 3 atom stereocenters. The van der Waals surface area contributed by atoms with Crippen molar-refractivity contribution in [1.82, 2.24) is 25.7 Å². The lowest BCUT2D eigenvalue weighted by Crippen LogP contribution is -2.57. The molecule has 0 aliphatic carbocycles. The SMILES string of the molecule is Cc1cccc(Cc2nnc(C(=O)[C@@H](NC(=O)C3CCCN3C(=O)[C@@H](NC(=O)OCc3ccccc3)C(C)C)C(C)C)o2)c1. The van der Waals surface area contributed by atoms with Gasteiger partial charge in [-0.15, -0.1) is 10.2 Å². The zero-order valence-corrected chi connectivity index (χ0v) is 25.9. The molecule has 1 aromatic heterocycles. The van der Waals surface area contributed by atoms with E-state index in [1.165, 1.54) is 4.90 Å². The smallest absolute Gasteiger partial charge is 0.408 e. The van der Waals surface area contributed by atoms with Gasteiger partial charge in [-0.3, -0.25) is 14.4 Å². The summed E-state index contributed by atoms with van der Waals surface area (Å²) in [5.74, 6) is -1.73. The predicted octanol–water partition coefficient (Wildman–Crippen LogP) is 4.23. The number of ketones is 1. The fraction of sp³-hybridized carbons (Fsp3) is 0.455. The maximum Gasteiger partial charge on any atom is 0.408 e. The molecular formula is C33H41N5O6. The fourth-order valence-corrected chi connectivity index (χ4v) is 5.23.